The van der Waals surface area contributed by atoms with Crippen molar-refractivity contribution in [1.82, 2.24) is 0 Å². The van der Waals surface area contributed by atoms with Crippen molar-refractivity contribution < 1.29 is 4.39 Å². The van der Waals surface area contributed by atoms with Gasteiger partial charge in [0, 0.05) is 5.54 Å². The van der Waals surface area contributed by atoms with E-state index < -0.39 is 0 Å². The molecule has 0 radical (unpaired) electrons. The molecule has 1 aromatic rings. The van der Waals surface area contributed by atoms with Gasteiger partial charge in [0.05, 0.1) is 5.02 Å². The lowest BCUT2D eigenvalue weighted by Crippen LogP contribution is -2.43. The third-order valence-corrected chi connectivity index (χ3v) is 3.58. The summed E-state index contributed by atoms with van der Waals surface area (Å²) in [7, 11) is 0. The second-order valence-corrected chi connectivity index (χ2v) is 4.70. The summed E-state index contributed by atoms with van der Waals surface area (Å²) in [5.74, 6) is -0.300. The summed E-state index contributed by atoms with van der Waals surface area (Å²) in [6.07, 6.45) is 3.73. The molecule has 0 unspecified atom stereocenters. The van der Waals surface area contributed by atoms with E-state index in [2.05, 4.69) is 0 Å². The Bertz CT molecular complexity index is 385. The average Bonchev–Trinajstić information content (AvgIpc) is 2.18. The first-order valence-electron chi connectivity index (χ1n) is 5.34. The lowest BCUT2D eigenvalue weighted by molar-refractivity contribution is 0.253. The van der Waals surface area contributed by atoms with Gasteiger partial charge >= 0.3 is 0 Å². The van der Waals surface area contributed by atoms with Gasteiger partial charge in [-0.15, -0.1) is 0 Å². The van der Waals surface area contributed by atoms with Crippen LogP contribution in [-0.2, 0) is 12.0 Å². The minimum absolute atomic E-state index is 0.195. The van der Waals surface area contributed by atoms with Gasteiger partial charge in [-0.2, -0.15) is 0 Å². The van der Waals surface area contributed by atoms with Gasteiger partial charge in [0.1, 0.15) is 5.82 Å². The van der Waals surface area contributed by atoms with E-state index >= 15 is 0 Å². The molecule has 1 nitrogen and oxygen atoms in total. The van der Waals surface area contributed by atoms with E-state index in [1.807, 2.05) is 13.0 Å². The Morgan fingerprint density at radius 2 is 2.13 bits per heavy atom. The Morgan fingerprint density at radius 1 is 1.47 bits per heavy atom. The van der Waals surface area contributed by atoms with Gasteiger partial charge in [0.25, 0.3) is 0 Å². The summed E-state index contributed by atoms with van der Waals surface area (Å²) < 4.78 is 13.5. The predicted octanol–water partition coefficient (Wildman–Crippen LogP) is 3.38. The van der Waals surface area contributed by atoms with Crippen LogP contribution >= 0.6 is 11.6 Å². The van der Waals surface area contributed by atoms with Crippen LogP contribution in [0.15, 0.2) is 12.1 Å². The largest absolute Gasteiger partial charge is 0.321 e. The molecule has 2 rings (SSSR count). The van der Waals surface area contributed by atoms with Crippen molar-refractivity contribution in [3.8, 4) is 0 Å². The second-order valence-electron chi connectivity index (χ2n) is 4.29. The van der Waals surface area contributed by atoms with Gasteiger partial charge in [-0.1, -0.05) is 24.6 Å². The number of hydrogen-bond donors (Lipinski definition) is 1. The quantitative estimate of drug-likeness (QED) is 0.824. The highest BCUT2D eigenvalue weighted by Crippen LogP contribution is 2.40. The topological polar surface area (TPSA) is 26.0 Å². The molecule has 82 valence electrons. The molecule has 15 heavy (non-hydrogen) atoms. The number of hydrogen-bond acceptors (Lipinski definition) is 1. The summed E-state index contributed by atoms with van der Waals surface area (Å²) in [5, 5.41) is 0.195. The molecule has 0 saturated heterocycles. The van der Waals surface area contributed by atoms with Crippen molar-refractivity contribution in [2.75, 3.05) is 0 Å². The van der Waals surface area contributed by atoms with Crippen LogP contribution in [-0.4, -0.2) is 0 Å². The zero-order valence-electron chi connectivity index (χ0n) is 8.82. The molecule has 1 aliphatic rings. The zero-order valence-corrected chi connectivity index (χ0v) is 9.57. The predicted molar refractivity (Wildman–Crippen MR) is 60.5 cm³/mol. The highest BCUT2D eigenvalue weighted by Gasteiger charge is 2.35. The Balaban J connectivity index is 2.45. The smallest absolute Gasteiger partial charge is 0.144 e. The minimum atomic E-state index is -0.300. The highest BCUT2D eigenvalue weighted by atomic mass is 35.5. The summed E-state index contributed by atoms with van der Waals surface area (Å²) in [4.78, 5) is 0. The molecule has 0 amide bonds. The second kappa shape index (κ2) is 3.76. The molecule has 0 aromatic heterocycles. The molecular weight excluding hydrogens is 213 g/mol. The summed E-state index contributed by atoms with van der Waals surface area (Å²) in [6.45, 7) is 1.92. The van der Waals surface area contributed by atoms with E-state index in [0.29, 0.717) is 12.0 Å². The molecule has 0 atom stereocenters. The van der Waals surface area contributed by atoms with Crippen molar-refractivity contribution in [2.24, 2.45) is 5.73 Å². The Labute approximate surface area is 94.4 Å². The maximum Gasteiger partial charge on any atom is 0.144 e. The fourth-order valence-corrected chi connectivity index (χ4v) is 2.28. The Hall–Kier alpha value is -0.600. The van der Waals surface area contributed by atoms with Crippen LogP contribution in [0.5, 0.6) is 0 Å². The van der Waals surface area contributed by atoms with E-state index in [1.54, 1.807) is 6.07 Å². The van der Waals surface area contributed by atoms with Crippen molar-refractivity contribution in [2.45, 2.75) is 38.1 Å². The Morgan fingerprint density at radius 3 is 2.60 bits per heavy atom. The molecule has 3 heteroatoms. The number of halogens is 2. The minimum Gasteiger partial charge on any atom is -0.321 e. The van der Waals surface area contributed by atoms with Crippen molar-refractivity contribution in [3.63, 3.8) is 0 Å². The van der Waals surface area contributed by atoms with Crippen molar-refractivity contribution >= 4 is 11.6 Å². The SMILES string of the molecule is CCc1cc(C2(N)CCC2)cc(Cl)c1F. The molecule has 0 spiro atoms. The van der Waals surface area contributed by atoms with E-state index in [4.69, 9.17) is 17.3 Å². The highest BCUT2D eigenvalue weighted by molar-refractivity contribution is 6.30. The third kappa shape index (κ3) is 1.77. The van der Waals surface area contributed by atoms with Crippen LogP contribution in [0, 0.1) is 5.82 Å². The monoisotopic (exact) mass is 227 g/mol. The van der Waals surface area contributed by atoms with Crippen LogP contribution in [0.25, 0.3) is 0 Å². The molecule has 2 N–H and O–H groups in total. The number of rotatable bonds is 2. The van der Waals surface area contributed by atoms with Gasteiger partial charge in [0.15, 0.2) is 0 Å². The Kier molecular flexibility index (Phi) is 2.73. The molecule has 0 heterocycles. The van der Waals surface area contributed by atoms with E-state index in [9.17, 15) is 4.39 Å². The van der Waals surface area contributed by atoms with E-state index in [0.717, 1.165) is 24.8 Å². The normalized spacial score (nSPS) is 18.7. The standard InChI is InChI=1S/C12H15ClFN/c1-2-8-6-9(7-10(13)11(8)14)12(15)4-3-5-12/h6-7H,2-5,15H2,1H3. The van der Waals surface area contributed by atoms with E-state index in [1.165, 1.54) is 0 Å². The van der Waals surface area contributed by atoms with Gasteiger partial charge in [-0.25, -0.2) is 4.39 Å². The average molecular weight is 228 g/mol. The fraction of sp³-hybridized carbons (Fsp3) is 0.500. The first-order valence-corrected chi connectivity index (χ1v) is 5.72. The molecule has 1 fully saturated rings. The molecule has 1 aromatic carbocycles. The first kappa shape index (κ1) is 10.9. The number of aryl methyl sites for hydroxylation is 1. The van der Waals surface area contributed by atoms with Gasteiger partial charge in [-0.3, -0.25) is 0 Å². The van der Waals surface area contributed by atoms with Crippen LogP contribution in [0.1, 0.15) is 37.3 Å². The zero-order chi connectivity index (χ0) is 11.1. The third-order valence-electron chi connectivity index (χ3n) is 3.31. The van der Waals surface area contributed by atoms with Gasteiger partial charge < -0.3 is 5.73 Å². The van der Waals surface area contributed by atoms with Crippen molar-refractivity contribution in [3.05, 3.63) is 34.1 Å². The molecule has 0 aliphatic heterocycles. The fourth-order valence-electron chi connectivity index (χ4n) is 2.04. The lowest BCUT2D eigenvalue weighted by atomic mass is 9.72. The maximum absolute atomic E-state index is 13.5. The van der Waals surface area contributed by atoms with Crippen LogP contribution < -0.4 is 5.73 Å². The summed E-state index contributed by atoms with van der Waals surface area (Å²) in [5.41, 5.74) is 7.57. The maximum atomic E-state index is 13.5. The van der Waals surface area contributed by atoms with Gasteiger partial charge in [0.2, 0.25) is 0 Å². The number of nitrogens with two attached hydrogens (primary N) is 1. The van der Waals surface area contributed by atoms with Crippen LogP contribution in [0.4, 0.5) is 4.39 Å². The van der Waals surface area contributed by atoms with Gasteiger partial charge in [-0.05, 0) is 42.9 Å². The number of benzene rings is 1. The van der Waals surface area contributed by atoms with Crippen LogP contribution in [0.3, 0.4) is 0 Å². The molecular formula is C12H15ClFN. The molecule has 1 aliphatic carbocycles. The summed E-state index contributed by atoms with van der Waals surface area (Å²) in [6, 6.07) is 3.54. The van der Waals surface area contributed by atoms with Crippen molar-refractivity contribution in [1.29, 1.82) is 0 Å². The lowest BCUT2D eigenvalue weighted by Gasteiger charge is -2.39. The van der Waals surface area contributed by atoms with Crippen LogP contribution in [0.2, 0.25) is 5.02 Å². The molecule has 1 saturated carbocycles. The molecule has 0 bridgehead atoms. The summed E-state index contributed by atoms with van der Waals surface area (Å²) >= 11 is 5.85. The first-order chi connectivity index (χ1) is 7.07. The van der Waals surface area contributed by atoms with E-state index in [-0.39, 0.29) is 16.4 Å².